The van der Waals surface area contributed by atoms with Crippen molar-refractivity contribution in [1.82, 2.24) is 5.01 Å². The molecule has 9 heteroatoms. The Morgan fingerprint density at radius 2 is 2.06 bits per heavy atom. The monoisotopic (exact) mass is 476 g/mol. The average Bonchev–Trinajstić information content (AvgIpc) is 3.37. The van der Waals surface area contributed by atoms with Crippen molar-refractivity contribution in [2.45, 2.75) is 33.1 Å². The molecule has 34 heavy (non-hydrogen) atoms. The molecule has 2 aliphatic rings. The molecule has 0 atom stereocenters. The largest absolute Gasteiger partial charge is 0.505 e. The second kappa shape index (κ2) is 9.48. The molecule has 0 saturated carbocycles. The molecule has 2 heterocycles. The number of carbonyl (C=O) groups is 2. The SMILES string of the molecule is C=C1/C=C\C(N2N=C(C)/C(=N/Nc3cc(C)cc(-c4ccc(C(=O)O)s4)c3O)C2=O)=C/CCC1. The van der Waals surface area contributed by atoms with Crippen LogP contribution >= 0.6 is 11.3 Å². The Bertz CT molecular complexity index is 1320. The molecule has 0 saturated heterocycles. The zero-order chi connectivity index (χ0) is 24.4. The fraction of sp³-hybridized carbons (Fsp3) is 0.200. The van der Waals surface area contributed by atoms with E-state index in [1.807, 2.05) is 25.2 Å². The van der Waals surface area contributed by atoms with Crippen LogP contribution in [0.1, 0.15) is 41.4 Å². The normalized spacial score (nSPS) is 19.9. The van der Waals surface area contributed by atoms with Gasteiger partial charge in [0, 0.05) is 10.4 Å². The van der Waals surface area contributed by atoms with Crippen LogP contribution < -0.4 is 5.43 Å². The maximum Gasteiger partial charge on any atom is 0.345 e. The van der Waals surface area contributed by atoms with Crippen molar-refractivity contribution >= 4 is 40.3 Å². The number of amides is 1. The summed E-state index contributed by atoms with van der Waals surface area (Å²) in [4.78, 5) is 25.1. The minimum Gasteiger partial charge on any atom is -0.505 e. The Morgan fingerprint density at radius 1 is 1.26 bits per heavy atom. The summed E-state index contributed by atoms with van der Waals surface area (Å²) in [5, 5.41) is 30.0. The maximum atomic E-state index is 13.0. The van der Waals surface area contributed by atoms with E-state index in [0.717, 1.165) is 41.7 Å². The van der Waals surface area contributed by atoms with E-state index in [2.05, 4.69) is 22.2 Å². The van der Waals surface area contributed by atoms with Gasteiger partial charge in [-0.3, -0.25) is 10.2 Å². The number of nitrogens with zero attached hydrogens (tertiary/aromatic N) is 3. The molecule has 1 aliphatic heterocycles. The van der Waals surface area contributed by atoms with E-state index in [9.17, 15) is 19.8 Å². The summed E-state index contributed by atoms with van der Waals surface area (Å²) in [6.07, 6.45) is 8.37. The number of aromatic carboxylic acids is 1. The number of carbonyl (C=O) groups excluding carboxylic acids is 1. The van der Waals surface area contributed by atoms with Crippen molar-refractivity contribution in [3.05, 3.63) is 70.8 Å². The number of anilines is 1. The van der Waals surface area contributed by atoms with Crippen LogP contribution in [0.25, 0.3) is 10.4 Å². The number of aryl methyl sites for hydroxylation is 1. The van der Waals surface area contributed by atoms with Crippen molar-refractivity contribution in [3.63, 3.8) is 0 Å². The van der Waals surface area contributed by atoms with Crippen LogP contribution in [0.15, 0.2) is 70.5 Å². The summed E-state index contributed by atoms with van der Waals surface area (Å²) in [5.41, 5.74) is 6.66. The molecule has 0 bridgehead atoms. The number of hydrazone groups is 2. The third-order valence-electron chi connectivity index (χ3n) is 5.40. The van der Waals surface area contributed by atoms with Crippen LogP contribution in [0.2, 0.25) is 0 Å². The number of carboxylic acids is 1. The lowest BCUT2D eigenvalue weighted by molar-refractivity contribution is -0.121. The molecule has 1 aromatic heterocycles. The number of rotatable bonds is 5. The highest BCUT2D eigenvalue weighted by Crippen LogP contribution is 2.40. The van der Waals surface area contributed by atoms with Crippen LogP contribution in [0, 0.1) is 6.92 Å². The van der Waals surface area contributed by atoms with Gasteiger partial charge in [-0.05, 0) is 69.0 Å². The number of benzene rings is 1. The van der Waals surface area contributed by atoms with Crippen molar-refractivity contribution < 1.29 is 19.8 Å². The molecule has 1 aromatic carbocycles. The zero-order valence-corrected chi connectivity index (χ0v) is 19.6. The molecule has 0 unspecified atom stereocenters. The molecule has 3 N–H and O–H groups in total. The molecule has 2 aromatic rings. The molecular formula is C25H24N4O4S. The van der Waals surface area contributed by atoms with Crippen molar-refractivity contribution in [1.29, 1.82) is 0 Å². The topological polar surface area (TPSA) is 115 Å². The zero-order valence-electron chi connectivity index (χ0n) is 18.8. The van der Waals surface area contributed by atoms with Crippen LogP contribution in [-0.4, -0.2) is 38.5 Å². The number of hydrogen-bond acceptors (Lipinski definition) is 7. The van der Waals surface area contributed by atoms with Crippen molar-refractivity contribution in [2.24, 2.45) is 10.2 Å². The Kier molecular flexibility index (Phi) is 6.47. The summed E-state index contributed by atoms with van der Waals surface area (Å²) in [6, 6.07) is 6.61. The molecule has 0 radical (unpaired) electrons. The molecule has 1 amide bonds. The molecule has 8 nitrogen and oxygen atoms in total. The Balaban J connectivity index is 1.60. The quantitative estimate of drug-likeness (QED) is 0.400. The van der Waals surface area contributed by atoms with E-state index in [0.29, 0.717) is 27.5 Å². The number of phenolic OH excluding ortho intramolecular Hbond substituents is 1. The first-order valence-electron chi connectivity index (χ1n) is 10.7. The van der Waals surface area contributed by atoms with E-state index in [1.165, 1.54) is 11.1 Å². The van der Waals surface area contributed by atoms with Crippen LogP contribution in [0.4, 0.5) is 5.69 Å². The van der Waals surface area contributed by atoms with Gasteiger partial charge in [0.2, 0.25) is 0 Å². The number of allylic oxidation sites excluding steroid dienone is 4. The van der Waals surface area contributed by atoms with Gasteiger partial charge in [0.05, 0.1) is 17.1 Å². The highest BCUT2D eigenvalue weighted by atomic mass is 32.1. The first kappa shape index (κ1) is 23.2. The fourth-order valence-electron chi connectivity index (χ4n) is 3.66. The van der Waals surface area contributed by atoms with E-state index < -0.39 is 5.97 Å². The van der Waals surface area contributed by atoms with Gasteiger partial charge < -0.3 is 10.2 Å². The molecule has 174 valence electrons. The van der Waals surface area contributed by atoms with Crippen molar-refractivity contribution in [3.8, 4) is 16.2 Å². The predicted molar refractivity (Wildman–Crippen MR) is 134 cm³/mol. The van der Waals surface area contributed by atoms with Crippen LogP contribution in [-0.2, 0) is 4.79 Å². The van der Waals surface area contributed by atoms with E-state index in [4.69, 9.17) is 0 Å². The highest BCUT2D eigenvalue weighted by Gasteiger charge is 2.31. The van der Waals surface area contributed by atoms with Crippen LogP contribution in [0.5, 0.6) is 5.75 Å². The minimum absolute atomic E-state index is 0.0881. The molecule has 1 aliphatic carbocycles. The Hall–Kier alpha value is -3.98. The lowest BCUT2D eigenvalue weighted by Gasteiger charge is -2.15. The number of hydrogen-bond donors (Lipinski definition) is 3. The summed E-state index contributed by atoms with van der Waals surface area (Å²) < 4.78 is 0. The second-order valence-corrected chi connectivity index (χ2v) is 9.15. The standard InChI is InChI=1S/C25H24N4O4S/c1-14-6-4-5-7-17(9-8-14)29-24(31)22(16(3)28-29)27-26-19-13-15(2)12-18(23(19)30)20-10-11-21(34-20)25(32)33/h7-13,26,30H,1,4-6H2,2-3H3,(H,32,33)/b9-8-,17-7+,27-22-. The molecule has 4 rings (SSSR count). The van der Waals surface area contributed by atoms with Crippen LogP contribution in [0.3, 0.4) is 0 Å². The van der Waals surface area contributed by atoms with Crippen molar-refractivity contribution in [2.75, 3.05) is 5.43 Å². The number of phenols is 1. The lowest BCUT2D eigenvalue weighted by atomic mass is 10.1. The number of thiophene rings is 1. The van der Waals surface area contributed by atoms with E-state index in [1.54, 1.807) is 25.1 Å². The number of nitrogens with one attached hydrogen (secondary N) is 1. The third kappa shape index (κ3) is 4.69. The Morgan fingerprint density at radius 3 is 2.79 bits per heavy atom. The van der Waals surface area contributed by atoms with Gasteiger partial charge in [0.1, 0.15) is 10.6 Å². The van der Waals surface area contributed by atoms with Gasteiger partial charge in [-0.2, -0.15) is 15.2 Å². The first-order valence-corrected chi connectivity index (χ1v) is 11.5. The second-order valence-electron chi connectivity index (χ2n) is 8.07. The summed E-state index contributed by atoms with van der Waals surface area (Å²) >= 11 is 1.07. The smallest absolute Gasteiger partial charge is 0.345 e. The number of aromatic hydroxyl groups is 1. The van der Waals surface area contributed by atoms with Gasteiger partial charge in [-0.15, -0.1) is 11.3 Å². The predicted octanol–water partition coefficient (Wildman–Crippen LogP) is 5.29. The van der Waals surface area contributed by atoms with E-state index >= 15 is 0 Å². The van der Waals surface area contributed by atoms with Gasteiger partial charge in [-0.25, -0.2) is 4.79 Å². The fourth-order valence-corrected chi connectivity index (χ4v) is 4.52. The Labute approximate surface area is 200 Å². The lowest BCUT2D eigenvalue weighted by Crippen LogP contribution is -2.27. The highest BCUT2D eigenvalue weighted by molar-refractivity contribution is 7.17. The van der Waals surface area contributed by atoms with Gasteiger partial charge in [-0.1, -0.05) is 24.3 Å². The summed E-state index contributed by atoms with van der Waals surface area (Å²) in [7, 11) is 0. The van der Waals surface area contributed by atoms with Gasteiger partial charge in [0.25, 0.3) is 0 Å². The maximum absolute atomic E-state index is 13.0. The molecule has 0 fully saturated rings. The minimum atomic E-state index is -1.02. The molecule has 0 spiro atoms. The van der Waals surface area contributed by atoms with E-state index in [-0.39, 0.29) is 22.2 Å². The third-order valence-corrected chi connectivity index (χ3v) is 6.51. The first-order chi connectivity index (χ1) is 16.2. The number of carboxylic acid groups (broad SMARTS) is 1. The molecular weight excluding hydrogens is 452 g/mol. The average molecular weight is 477 g/mol. The van der Waals surface area contributed by atoms with Gasteiger partial charge in [0.15, 0.2) is 5.71 Å². The summed E-state index contributed by atoms with van der Waals surface area (Å²) in [6.45, 7) is 7.55. The summed E-state index contributed by atoms with van der Waals surface area (Å²) in [5.74, 6) is -1.48. The van der Waals surface area contributed by atoms with Gasteiger partial charge >= 0.3 is 11.9 Å².